The van der Waals surface area contributed by atoms with Crippen LogP contribution in [0, 0.1) is 10.1 Å². The van der Waals surface area contributed by atoms with E-state index in [0.29, 0.717) is 18.4 Å². The van der Waals surface area contributed by atoms with Crippen LogP contribution in [0.2, 0.25) is 0 Å². The molecule has 1 aliphatic rings. The Bertz CT molecular complexity index is 433. The van der Waals surface area contributed by atoms with Gasteiger partial charge in [-0.1, -0.05) is 24.6 Å². The molecule has 2 rings (SSSR count). The van der Waals surface area contributed by atoms with Gasteiger partial charge in [0, 0.05) is 16.9 Å². The number of benzene rings is 1. The molecule has 0 bridgehead atoms. The molecule has 2 unspecified atom stereocenters. The van der Waals surface area contributed by atoms with E-state index >= 15 is 0 Å². The van der Waals surface area contributed by atoms with Gasteiger partial charge < -0.3 is 5.32 Å². The van der Waals surface area contributed by atoms with Crippen molar-refractivity contribution in [3.8, 4) is 0 Å². The van der Waals surface area contributed by atoms with Crippen molar-refractivity contribution in [1.29, 1.82) is 0 Å². The number of rotatable bonds is 3. The van der Waals surface area contributed by atoms with Gasteiger partial charge in [-0.15, -0.1) is 0 Å². The summed E-state index contributed by atoms with van der Waals surface area (Å²) in [5.74, 6) is -0.227. The fourth-order valence-corrected chi connectivity index (χ4v) is 2.37. The van der Waals surface area contributed by atoms with Crippen molar-refractivity contribution >= 4 is 5.91 Å². The van der Waals surface area contributed by atoms with Gasteiger partial charge in [0.05, 0.1) is 6.04 Å². The van der Waals surface area contributed by atoms with Gasteiger partial charge >= 0.3 is 0 Å². The maximum atomic E-state index is 11.9. The molecule has 0 spiro atoms. The van der Waals surface area contributed by atoms with Crippen molar-refractivity contribution in [1.82, 2.24) is 5.32 Å². The maximum absolute atomic E-state index is 11.9. The Morgan fingerprint density at radius 2 is 1.89 bits per heavy atom. The van der Waals surface area contributed by atoms with Crippen molar-refractivity contribution in [2.75, 3.05) is 0 Å². The highest BCUT2D eigenvalue weighted by atomic mass is 16.6. The summed E-state index contributed by atoms with van der Waals surface area (Å²) >= 11 is 0. The SMILES string of the molecule is O=C(NC1CCCCC1[N+](=O)[O-])c1ccccc1. The van der Waals surface area contributed by atoms with Crippen LogP contribution in [0.3, 0.4) is 0 Å². The molecule has 1 N–H and O–H groups in total. The molecule has 1 aromatic rings. The smallest absolute Gasteiger partial charge is 0.251 e. The molecule has 1 fully saturated rings. The van der Waals surface area contributed by atoms with Crippen LogP contribution in [0.1, 0.15) is 36.0 Å². The summed E-state index contributed by atoms with van der Waals surface area (Å²) in [6.07, 6.45) is 3.03. The minimum atomic E-state index is -0.647. The quantitative estimate of drug-likeness (QED) is 0.657. The van der Waals surface area contributed by atoms with Crippen molar-refractivity contribution < 1.29 is 9.72 Å². The Morgan fingerprint density at radius 3 is 2.56 bits per heavy atom. The van der Waals surface area contributed by atoms with Crippen molar-refractivity contribution in [3.05, 3.63) is 46.0 Å². The Labute approximate surface area is 105 Å². The lowest BCUT2D eigenvalue weighted by molar-refractivity contribution is -0.529. The molecule has 96 valence electrons. The fraction of sp³-hybridized carbons (Fsp3) is 0.462. The minimum absolute atomic E-state index is 0.227. The summed E-state index contributed by atoms with van der Waals surface area (Å²) in [7, 11) is 0. The highest BCUT2D eigenvalue weighted by molar-refractivity contribution is 5.94. The number of amides is 1. The van der Waals surface area contributed by atoms with Gasteiger partial charge in [-0.2, -0.15) is 0 Å². The maximum Gasteiger partial charge on any atom is 0.251 e. The van der Waals surface area contributed by atoms with Gasteiger partial charge in [0.25, 0.3) is 5.91 Å². The van der Waals surface area contributed by atoms with Crippen LogP contribution in [0.15, 0.2) is 30.3 Å². The van der Waals surface area contributed by atoms with Gasteiger partial charge in [0.15, 0.2) is 0 Å². The van der Waals surface area contributed by atoms with Gasteiger partial charge in [0.1, 0.15) is 0 Å². The van der Waals surface area contributed by atoms with E-state index in [2.05, 4.69) is 5.32 Å². The number of carbonyl (C=O) groups is 1. The van der Waals surface area contributed by atoms with Gasteiger partial charge in [0.2, 0.25) is 6.04 Å². The highest BCUT2D eigenvalue weighted by Crippen LogP contribution is 2.21. The van der Waals surface area contributed by atoms with Crippen LogP contribution in [0.5, 0.6) is 0 Å². The van der Waals surface area contributed by atoms with E-state index in [1.54, 1.807) is 24.3 Å². The summed E-state index contributed by atoms with van der Waals surface area (Å²) in [6, 6.07) is 7.81. The van der Waals surface area contributed by atoms with Crippen molar-refractivity contribution in [2.45, 2.75) is 37.8 Å². The lowest BCUT2D eigenvalue weighted by atomic mass is 9.90. The third-order valence-corrected chi connectivity index (χ3v) is 3.35. The molecule has 2 atom stereocenters. The third kappa shape index (κ3) is 2.85. The molecule has 18 heavy (non-hydrogen) atoms. The second-order valence-corrected chi connectivity index (χ2v) is 4.58. The molecule has 0 radical (unpaired) electrons. The van der Waals surface area contributed by atoms with Crippen LogP contribution in [0.4, 0.5) is 0 Å². The number of hydrogen-bond acceptors (Lipinski definition) is 3. The van der Waals surface area contributed by atoms with Gasteiger partial charge in [-0.25, -0.2) is 0 Å². The molecule has 1 saturated carbocycles. The molecule has 0 heterocycles. The number of carbonyl (C=O) groups excluding carboxylic acids is 1. The van der Waals surface area contributed by atoms with Gasteiger partial charge in [-0.3, -0.25) is 14.9 Å². The number of nitrogens with one attached hydrogen (secondary N) is 1. The Kier molecular flexibility index (Phi) is 3.92. The first kappa shape index (κ1) is 12.5. The summed E-state index contributed by atoms with van der Waals surface area (Å²) in [5.41, 5.74) is 0.546. The van der Waals surface area contributed by atoms with E-state index in [0.717, 1.165) is 12.8 Å². The predicted octanol–water partition coefficient (Wildman–Crippen LogP) is 2.00. The zero-order chi connectivity index (χ0) is 13.0. The monoisotopic (exact) mass is 248 g/mol. The van der Waals surface area contributed by atoms with Crippen LogP contribution >= 0.6 is 0 Å². The molecule has 1 amide bonds. The normalized spacial score (nSPS) is 23.3. The van der Waals surface area contributed by atoms with Crippen LogP contribution < -0.4 is 5.32 Å². The number of nitro groups is 1. The minimum Gasteiger partial charge on any atom is -0.342 e. The Balaban J connectivity index is 2.03. The average Bonchev–Trinajstić information content (AvgIpc) is 2.40. The van der Waals surface area contributed by atoms with E-state index in [4.69, 9.17) is 0 Å². The largest absolute Gasteiger partial charge is 0.342 e. The van der Waals surface area contributed by atoms with Crippen LogP contribution in [0.25, 0.3) is 0 Å². The highest BCUT2D eigenvalue weighted by Gasteiger charge is 2.35. The topological polar surface area (TPSA) is 72.2 Å². The Morgan fingerprint density at radius 1 is 1.22 bits per heavy atom. The number of nitrogens with zero attached hydrogens (tertiary/aromatic N) is 1. The van der Waals surface area contributed by atoms with E-state index in [-0.39, 0.29) is 16.9 Å². The Hall–Kier alpha value is -1.91. The average molecular weight is 248 g/mol. The molecule has 0 saturated heterocycles. The molecule has 5 heteroatoms. The predicted molar refractivity (Wildman–Crippen MR) is 66.9 cm³/mol. The molecule has 1 aliphatic carbocycles. The van der Waals surface area contributed by atoms with E-state index in [1.165, 1.54) is 0 Å². The van der Waals surface area contributed by atoms with Crippen LogP contribution in [-0.2, 0) is 0 Å². The summed E-state index contributed by atoms with van der Waals surface area (Å²) in [6.45, 7) is 0. The first-order chi connectivity index (χ1) is 8.68. The molecular weight excluding hydrogens is 232 g/mol. The van der Waals surface area contributed by atoms with Crippen molar-refractivity contribution in [2.24, 2.45) is 0 Å². The summed E-state index contributed by atoms with van der Waals surface area (Å²) in [4.78, 5) is 22.6. The fourth-order valence-electron chi connectivity index (χ4n) is 2.37. The molecule has 1 aromatic carbocycles. The first-order valence-corrected chi connectivity index (χ1v) is 6.18. The summed E-state index contributed by atoms with van der Waals surface area (Å²) < 4.78 is 0. The third-order valence-electron chi connectivity index (χ3n) is 3.35. The molecule has 0 aromatic heterocycles. The lowest BCUT2D eigenvalue weighted by Gasteiger charge is -2.26. The standard InChI is InChI=1S/C13H16N2O3/c16-13(10-6-2-1-3-7-10)14-11-8-4-5-9-12(11)15(17)18/h1-3,6-7,11-12H,4-5,8-9H2,(H,14,16). The first-order valence-electron chi connectivity index (χ1n) is 6.18. The van der Waals surface area contributed by atoms with Gasteiger partial charge in [-0.05, 0) is 25.0 Å². The van der Waals surface area contributed by atoms with E-state index in [1.807, 2.05) is 6.07 Å². The zero-order valence-corrected chi connectivity index (χ0v) is 10.0. The molecule has 0 aliphatic heterocycles. The molecular formula is C13H16N2O3. The number of hydrogen-bond donors (Lipinski definition) is 1. The second kappa shape index (κ2) is 5.62. The summed E-state index contributed by atoms with van der Waals surface area (Å²) in [5, 5.41) is 13.7. The van der Waals surface area contributed by atoms with Crippen molar-refractivity contribution in [3.63, 3.8) is 0 Å². The lowest BCUT2D eigenvalue weighted by Crippen LogP contribution is -2.48. The van der Waals surface area contributed by atoms with Crippen LogP contribution in [-0.4, -0.2) is 22.9 Å². The van der Waals surface area contributed by atoms with E-state index < -0.39 is 6.04 Å². The second-order valence-electron chi connectivity index (χ2n) is 4.58. The van der Waals surface area contributed by atoms with E-state index in [9.17, 15) is 14.9 Å². The zero-order valence-electron chi connectivity index (χ0n) is 10.0. The molecule has 5 nitrogen and oxygen atoms in total.